The average Bonchev–Trinajstić information content (AvgIpc) is 2.97. The third-order valence-electron chi connectivity index (χ3n) is 3.62. The Hall–Kier alpha value is -2.21. The van der Waals surface area contributed by atoms with E-state index < -0.39 is 0 Å². The predicted molar refractivity (Wildman–Crippen MR) is 93.6 cm³/mol. The van der Waals surface area contributed by atoms with E-state index in [1.54, 1.807) is 21.3 Å². The molecule has 0 aliphatic carbocycles. The van der Waals surface area contributed by atoms with E-state index in [-0.39, 0.29) is 0 Å². The van der Waals surface area contributed by atoms with Crippen LogP contribution in [0.15, 0.2) is 28.7 Å². The van der Waals surface area contributed by atoms with E-state index in [0.29, 0.717) is 17.2 Å². The third-order valence-corrected chi connectivity index (χ3v) is 4.23. The normalized spacial score (nSPS) is 10.8. The van der Waals surface area contributed by atoms with Gasteiger partial charge in [0.1, 0.15) is 11.3 Å². The van der Waals surface area contributed by atoms with E-state index >= 15 is 0 Å². The number of halogens is 1. The standard InChI is InChI=1S/C17H17BrN2O3/c1-9-5-11(18)15-12(6-9)19-17(20-15)10-7-13(21-2)16(23-4)14(8-10)22-3/h5-8H,1-4H3,(H,19,20). The largest absolute Gasteiger partial charge is 0.493 e. The van der Waals surface area contributed by atoms with Crippen LogP contribution in [0.25, 0.3) is 22.4 Å². The van der Waals surface area contributed by atoms with Crippen LogP contribution in [0, 0.1) is 6.92 Å². The number of hydrogen-bond acceptors (Lipinski definition) is 4. The number of nitrogens with zero attached hydrogens (tertiary/aromatic N) is 1. The first-order valence-electron chi connectivity index (χ1n) is 7.03. The molecule has 0 aliphatic rings. The van der Waals surface area contributed by atoms with Gasteiger partial charge in [-0.25, -0.2) is 4.98 Å². The number of rotatable bonds is 4. The first-order chi connectivity index (χ1) is 11.1. The van der Waals surface area contributed by atoms with Crippen molar-refractivity contribution in [3.63, 3.8) is 0 Å². The van der Waals surface area contributed by atoms with Gasteiger partial charge in [0, 0.05) is 10.0 Å². The van der Waals surface area contributed by atoms with Gasteiger partial charge >= 0.3 is 0 Å². The van der Waals surface area contributed by atoms with Gasteiger partial charge in [0.05, 0.1) is 26.8 Å². The molecule has 0 spiro atoms. The Labute approximate surface area is 142 Å². The molecule has 1 aromatic heterocycles. The van der Waals surface area contributed by atoms with Crippen LogP contribution < -0.4 is 14.2 Å². The van der Waals surface area contributed by atoms with Crippen LogP contribution >= 0.6 is 15.9 Å². The fourth-order valence-corrected chi connectivity index (χ4v) is 3.23. The summed E-state index contributed by atoms with van der Waals surface area (Å²) in [5.41, 5.74) is 3.88. The number of H-pyrrole nitrogens is 1. The number of hydrogen-bond donors (Lipinski definition) is 1. The number of benzene rings is 2. The fourth-order valence-electron chi connectivity index (χ4n) is 2.57. The van der Waals surface area contributed by atoms with Gasteiger partial charge in [-0.15, -0.1) is 0 Å². The maximum atomic E-state index is 5.40. The fraction of sp³-hybridized carbons (Fsp3) is 0.235. The van der Waals surface area contributed by atoms with Crippen LogP contribution in [-0.4, -0.2) is 31.3 Å². The molecular weight excluding hydrogens is 360 g/mol. The molecule has 0 amide bonds. The Bertz CT molecular complexity index is 849. The van der Waals surface area contributed by atoms with Gasteiger partial charge in [-0.2, -0.15) is 0 Å². The maximum absolute atomic E-state index is 5.40. The van der Waals surface area contributed by atoms with Gasteiger partial charge in [0.15, 0.2) is 11.5 Å². The monoisotopic (exact) mass is 376 g/mol. The number of ether oxygens (including phenoxy) is 3. The number of aryl methyl sites for hydroxylation is 1. The molecule has 3 rings (SSSR count). The summed E-state index contributed by atoms with van der Waals surface area (Å²) in [6.07, 6.45) is 0. The number of imidazole rings is 1. The topological polar surface area (TPSA) is 56.4 Å². The van der Waals surface area contributed by atoms with E-state index in [9.17, 15) is 0 Å². The molecule has 23 heavy (non-hydrogen) atoms. The molecule has 0 atom stereocenters. The summed E-state index contributed by atoms with van der Waals surface area (Å²) >= 11 is 3.56. The van der Waals surface area contributed by atoms with Crippen LogP contribution in [0.4, 0.5) is 0 Å². The zero-order chi connectivity index (χ0) is 16.6. The zero-order valence-electron chi connectivity index (χ0n) is 13.4. The number of fused-ring (bicyclic) bond motifs is 1. The van der Waals surface area contributed by atoms with E-state index in [4.69, 9.17) is 14.2 Å². The van der Waals surface area contributed by atoms with E-state index in [0.717, 1.165) is 32.5 Å². The molecule has 1 heterocycles. The third kappa shape index (κ3) is 2.74. The second-order valence-corrected chi connectivity index (χ2v) is 6.00. The van der Waals surface area contributed by atoms with Crippen LogP contribution in [-0.2, 0) is 0 Å². The zero-order valence-corrected chi connectivity index (χ0v) is 14.9. The lowest BCUT2D eigenvalue weighted by Gasteiger charge is -2.13. The molecular formula is C17H17BrN2O3. The molecule has 0 aliphatic heterocycles. The van der Waals surface area contributed by atoms with Crippen LogP contribution in [0.2, 0.25) is 0 Å². The number of aromatic amines is 1. The molecule has 0 unspecified atom stereocenters. The van der Waals surface area contributed by atoms with Crippen molar-refractivity contribution in [2.75, 3.05) is 21.3 Å². The van der Waals surface area contributed by atoms with Gasteiger partial charge in [-0.1, -0.05) is 0 Å². The van der Waals surface area contributed by atoms with Crippen molar-refractivity contribution in [3.05, 3.63) is 34.3 Å². The molecule has 5 nitrogen and oxygen atoms in total. The molecule has 0 fully saturated rings. The van der Waals surface area contributed by atoms with E-state index in [1.165, 1.54) is 0 Å². The van der Waals surface area contributed by atoms with Gasteiger partial charge in [-0.3, -0.25) is 0 Å². The van der Waals surface area contributed by atoms with Crippen molar-refractivity contribution in [3.8, 4) is 28.6 Å². The Balaban J connectivity index is 2.20. The highest BCUT2D eigenvalue weighted by molar-refractivity contribution is 9.10. The highest BCUT2D eigenvalue weighted by atomic mass is 79.9. The van der Waals surface area contributed by atoms with Crippen molar-refractivity contribution < 1.29 is 14.2 Å². The first kappa shape index (κ1) is 15.7. The summed E-state index contributed by atoms with van der Waals surface area (Å²) in [7, 11) is 4.78. The summed E-state index contributed by atoms with van der Waals surface area (Å²) in [6.45, 7) is 2.05. The van der Waals surface area contributed by atoms with Crippen molar-refractivity contribution in [1.29, 1.82) is 0 Å². The van der Waals surface area contributed by atoms with Gasteiger partial charge in [0.2, 0.25) is 5.75 Å². The van der Waals surface area contributed by atoms with Gasteiger partial charge in [0.25, 0.3) is 0 Å². The lowest BCUT2D eigenvalue weighted by Crippen LogP contribution is -1.96. The summed E-state index contributed by atoms with van der Waals surface area (Å²) in [5, 5.41) is 0. The van der Waals surface area contributed by atoms with Crippen molar-refractivity contribution >= 4 is 27.0 Å². The summed E-state index contributed by atoms with van der Waals surface area (Å²) < 4.78 is 17.1. The SMILES string of the molecule is COc1cc(-c2nc3c(Br)cc(C)cc3[nH]2)cc(OC)c1OC. The minimum atomic E-state index is 0.562. The summed E-state index contributed by atoms with van der Waals surface area (Å²) in [4.78, 5) is 8.02. The average molecular weight is 377 g/mol. The molecule has 1 N–H and O–H groups in total. The maximum Gasteiger partial charge on any atom is 0.203 e. The van der Waals surface area contributed by atoms with Crippen LogP contribution in [0.5, 0.6) is 17.2 Å². The molecule has 3 aromatic rings. The number of methoxy groups -OCH3 is 3. The summed E-state index contributed by atoms with van der Waals surface area (Å²) in [5.74, 6) is 2.49. The Morgan fingerprint density at radius 3 is 2.17 bits per heavy atom. The first-order valence-corrected chi connectivity index (χ1v) is 7.83. The second kappa shape index (κ2) is 6.12. The Morgan fingerprint density at radius 2 is 1.61 bits per heavy atom. The van der Waals surface area contributed by atoms with Crippen LogP contribution in [0.3, 0.4) is 0 Å². The smallest absolute Gasteiger partial charge is 0.203 e. The molecule has 2 aromatic carbocycles. The second-order valence-electron chi connectivity index (χ2n) is 5.14. The molecule has 0 saturated carbocycles. The molecule has 120 valence electrons. The van der Waals surface area contributed by atoms with Crippen molar-refractivity contribution in [2.24, 2.45) is 0 Å². The van der Waals surface area contributed by atoms with Crippen LogP contribution in [0.1, 0.15) is 5.56 Å². The van der Waals surface area contributed by atoms with Crippen molar-refractivity contribution in [2.45, 2.75) is 6.92 Å². The minimum absolute atomic E-state index is 0.562. The Kier molecular flexibility index (Phi) is 4.17. The lowest BCUT2D eigenvalue weighted by molar-refractivity contribution is 0.324. The van der Waals surface area contributed by atoms with Gasteiger partial charge in [-0.05, 0) is 52.7 Å². The Morgan fingerprint density at radius 1 is 0.957 bits per heavy atom. The summed E-state index contributed by atoms with van der Waals surface area (Å²) in [6, 6.07) is 7.86. The van der Waals surface area contributed by atoms with Crippen molar-refractivity contribution in [1.82, 2.24) is 9.97 Å². The molecule has 0 bridgehead atoms. The molecule has 0 radical (unpaired) electrons. The molecule has 6 heteroatoms. The van der Waals surface area contributed by atoms with Gasteiger partial charge < -0.3 is 19.2 Å². The van der Waals surface area contributed by atoms with E-state index in [1.807, 2.05) is 25.1 Å². The minimum Gasteiger partial charge on any atom is -0.493 e. The number of nitrogens with one attached hydrogen (secondary N) is 1. The predicted octanol–water partition coefficient (Wildman–Crippen LogP) is 4.33. The molecule has 0 saturated heterocycles. The quantitative estimate of drug-likeness (QED) is 0.736. The van der Waals surface area contributed by atoms with E-state index in [2.05, 4.69) is 32.0 Å². The lowest BCUT2D eigenvalue weighted by atomic mass is 10.1. The highest BCUT2D eigenvalue weighted by Crippen LogP contribution is 2.41. The number of aromatic nitrogens is 2. The highest BCUT2D eigenvalue weighted by Gasteiger charge is 2.16.